The average Bonchev–Trinajstić information content (AvgIpc) is 3.33. The fourth-order valence-electron chi connectivity index (χ4n) is 3.73. The van der Waals surface area contributed by atoms with Gasteiger partial charge in [0.2, 0.25) is 5.91 Å². The van der Waals surface area contributed by atoms with Gasteiger partial charge in [0.05, 0.1) is 34.9 Å². The Morgan fingerprint density at radius 3 is 2.77 bits per heavy atom. The van der Waals surface area contributed by atoms with Gasteiger partial charge in [0.25, 0.3) is 0 Å². The van der Waals surface area contributed by atoms with Crippen LogP contribution >= 0.6 is 11.8 Å². The van der Waals surface area contributed by atoms with Crippen molar-refractivity contribution >= 4 is 38.5 Å². The summed E-state index contributed by atoms with van der Waals surface area (Å²) in [5.41, 5.74) is 2.64. The summed E-state index contributed by atoms with van der Waals surface area (Å²) in [5, 5.41) is 0.649. The van der Waals surface area contributed by atoms with Crippen LogP contribution in [-0.2, 0) is 21.2 Å². The molecule has 164 valence electrons. The molecule has 0 saturated carbocycles. The summed E-state index contributed by atoms with van der Waals surface area (Å²) >= 11 is 1.32. The van der Waals surface area contributed by atoms with Gasteiger partial charge in [0.15, 0.2) is 15.0 Å². The van der Waals surface area contributed by atoms with E-state index < -0.39 is 9.84 Å². The second-order valence-electron chi connectivity index (χ2n) is 7.51. The number of sulfone groups is 1. The van der Waals surface area contributed by atoms with Gasteiger partial charge in [-0.1, -0.05) is 42.1 Å². The zero-order valence-electron chi connectivity index (χ0n) is 17.3. The van der Waals surface area contributed by atoms with Crippen molar-refractivity contribution in [2.75, 3.05) is 23.9 Å². The van der Waals surface area contributed by atoms with Crippen LogP contribution in [-0.4, -0.2) is 59.1 Å². The molecule has 2 aromatic carbocycles. The Labute approximate surface area is 186 Å². The lowest BCUT2D eigenvalue weighted by Crippen LogP contribution is -2.41. The van der Waals surface area contributed by atoms with Gasteiger partial charge in [-0.15, -0.1) is 0 Å². The fourth-order valence-corrected chi connectivity index (χ4v) is 6.23. The Morgan fingerprint density at radius 2 is 2.06 bits per heavy atom. The van der Waals surface area contributed by atoms with E-state index in [9.17, 15) is 13.2 Å². The summed E-state index contributed by atoms with van der Waals surface area (Å²) in [5.74, 6) is 1.02. The maximum atomic E-state index is 13.1. The molecule has 1 N–H and O–H groups in total. The molecule has 2 heterocycles. The molecule has 1 aromatic heterocycles. The summed E-state index contributed by atoms with van der Waals surface area (Å²) in [6.45, 7) is 2.92. The van der Waals surface area contributed by atoms with Crippen molar-refractivity contribution in [2.45, 2.75) is 31.1 Å². The molecule has 7 nitrogen and oxygen atoms in total. The average molecular weight is 460 g/mol. The maximum absolute atomic E-state index is 13.1. The highest BCUT2D eigenvalue weighted by molar-refractivity contribution is 7.99. The molecule has 1 fully saturated rings. The Bertz CT molecular complexity index is 1160. The number of thioether (sulfide) groups is 1. The number of imidazole rings is 1. The van der Waals surface area contributed by atoms with Crippen LogP contribution in [0.4, 0.5) is 0 Å². The summed E-state index contributed by atoms with van der Waals surface area (Å²) in [6.07, 6.45) is 0.483. The van der Waals surface area contributed by atoms with E-state index in [1.54, 1.807) is 4.90 Å². The summed E-state index contributed by atoms with van der Waals surface area (Å²) < 4.78 is 29.5. The predicted molar refractivity (Wildman–Crippen MR) is 122 cm³/mol. The van der Waals surface area contributed by atoms with Crippen LogP contribution in [0, 0.1) is 0 Å². The van der Waals surface area contributed by atoms with E-state index in [0.29, 0.717) is 24.7 Å². The highest BCUT2D eigenvalue weighted by atomic mass is 32.2. The first-order valence-electron chi connectivity index (χ1n) is 10.2. The monoisotopic (exact) mass is 459 g/mol. The van der Waals surface area contributed by atoms with Crippen LogP contribution in [0.25, 0.3) is 11.0 Å². The topological polar surface area (TPSA) is 92.4 Å². The van der Waals surface area contributed by atoms with Crippen LogP contribution in [0.5, 0.6) is 5.75 Å². The van der Waals surface area contributed by atoms with Crippen LogP contribution in [0.1, 0.15) is 18.9 Å². The lowest BCUT2D eigenvalue weighted by Gasteiger charge is -2.28. The fraction of sp³-hybridized carbons (Fsp3) is 0.364. The highest BCUT2D eigenvalue weighted by Gasteiger charge is 2.34. The number of carbonyl (C=O) groups is 1. The quantitative estimate of drug-likeness (QED) is 0.520. The molecule has 4 rings (SSSR count). The number of nitrogens with zero attached hydrogens (tertiary/aromatic N) is 2. The normalized spacial score (nSPS) is 17.6. The SMILES string of the molecule is CCOc1ccc2nc(SCC(=O)N(Cc3ccccc3)C3CCS(=O)(=O)C3)[nH]c2c1. The van der Waals surface area contributed by atoms with Crippen molar-refractivity contribution in [1.82, 2.24) is 14.9 Å². The predicted octanol–water partition coefficient (Wildman–Crippen LogP) is 3.27. The van der Waals surface area contributed by atoms with Gasteiger partial charge in [-0.25, -0.2) is 13.4 Å². The van der Waals surface area contributed by atoms with Gasteiger partial charge in [-0.3, -0.25) is 4.79 Å². The number of amides is 1. The highest BCUT2D eigenvalue weighted by Crippen LogP contribution is 2.25. The Kier molecular flexibility index (Phi) is 6.52. The summed E-state index contributed by atoms with van der Waals surface area (Å²) in [6, 6.07) is 15.0. The molecular weight excluding hydrogens is 434 g/mol. The molecule has 1 unspecified atom stereocenters. The lowest BCUT2D eigenvalue weighted by molar-refractivity contribution is -0.130. The number of ether oxygens (including phenoxy) is 1. The van der Waals surface area contributed by atoms with Crippen LogP contribution in [0.2, 0.25) is 0 Å². The van der Waals surface area contributed by atoms with Crippen LogP contribution < -0.4 is 4.74 Å². The number of rotatable bonds is 8. The second-order valence-corrected chi connectivity index (χ2v) is 10.7. The molecule has 9 heteroatoms. The molecule has 1 amide bonds. The lowest BCUT2D eigenvalue weighted by atomic mass is 10.1. The van der Waals surface area contributed by atoms with Gasteiger partial charge >= 0.3 is 0 Å². The zero-order valence-corrected chi connectivity index (χ0v) is 18.9. The number of nitrogens with one attached hydrogen (secondary N) is 1. The van der Waals surface area contributed by atoms with Gasteiger partial charge in [0.1, 0.15) is 5.75 Å². The zero-order chi connectivity index (χ0) is 21.8. The third kappa shape index (κ3) is 5.40. The van der Waals surface area contributed by atoms with Gasteiger partial charge < -0.3 is 14.6 Å². The molecule has 0 bridgehead atoms. The van der Waals surface area contributed by atoms with Crippen LogP contribution in [0.15, 0.2) is 53.7 Å². The van der Waals surface area contributed by atoms with Gasteiger partial charge in [-0.2, -0.15) is 0 Å². The first-order valence-corrected chi connectivity index (χ1v) is 13.0. The van der Waals surface area contributed by atoms with E-state index in [0.717, 1.165) is 22.3 Å². The second kappa shape index (κ2) is 9.32. The molecule has 0 aliphatic carbocycles. The van der Waals surface area contributed by atoms with E-state index in [1.165, 1.54) is 11.8 Å². The number of aromatic amines is 1. The standard InChI is InChI=1S/C22H25N3O4S2/c1-2-29-18-8-9-19-20(12-18)24-22(23-19)30-14-21(26)25(13-16-6-4-3-5-7-16)17-10-11-31(27,28)15-17/h3-9,12,17H,2,10-11,13-15H2,1H3,(H,23,24). The third-order valence-electron chi connectivity index (χ3n) is 5.24. The number of hydrogen-bond acceptors (Lipinski definition) is 6. The number of fused-ring (bicyclic) bond motifs is 1. The minimum Gasteiger partial charge on any atom is -0.494 e. The minimum absolute atomic E-state index is 0.0289. The molecule has 3 aromatic rings. The number of carbonyl (C=O) groups excluding carboxylic acids is 1. The molecule has 0 radical (unpaired) electrons. The Balaban J connectivity index is 1.47. The van der Waals surface area contributed by atoms with Crippen molar-refractivity contribution < 1.29 is 17.9 Å². The van der Waals surface area contributed by atoms with Gasteiger partial charge in [-0.05, 0) is 31.0 Å². The largest absolute Gasteiger partial charge is 0.494 e. The molecule has 0 spiro atoms. The van der Waals surface area contributed by atoms with Crippen LogP contribution in [0.3, 0.4) is 0 Å². The van der Waals surface area contributed by atoms with E-state index in [2.05, 4.69) is 9.97 Å². The third-order valence-corrected chi connectivity index (χ3v) is 7.85. The minimum atomic E-state index is -3.09. The van der Waals surface area contributed by atoms with E-state index in [-0.39, 0.29) is 29.2 Å². The summed E-state index contributed by atoms with van der Waals surface area (Å²) in [4.78, 5) is 22.6. The van der Waals surface area contributed by atoms with Crippen molar-refractivity contribution in [3.8, 4) is 5.75 Å². The van der Waals surface area contributed by atoms with Crippen molar-refractivity contribution in [2.24, 2.45) is 0 Å². The molecule has 1 aliphatic heterocycles. The number of benzene rings is 2. The maximum Gasteiger partial charge on any atom is 0.233 e. The molecular formula is C22H25N3O4S2. The number of aromatic nitrogens is 2. The molecule has 31 heavy (non-hydrogen) atoms. The van der Waals surface area contributed by atoms with Crippen molar-refractivity contribution in [3.05, 3.63) is 54.1 Å². The van der Waals surface area contributed by atoms with E-state index in [1.807, 2.05) is 55.5 Å². The molecule has 1 aliphatic rings. The van der Waals surface area contributed by atoms with Gasteiger partial charge in [0, 0.05) is 18.7 Å². The summed E-state index contributed by atoms with van der Waals surface area (Å²) in [7, 11) is -3.09. The number of H-pyrrole nitrogens is 1. The van der Waals surface area contributed by atoms with Crippen molar-refractivity contribution in [3.63, 3.8) is 0 Å². The van der Waals surface area contributed by atoms with E-state index in [4.69, 9.17) is 4.74 Å². The Morgan fingerprint density at radius 1 is 1.26 bits per heavy atom. The molecule has 1 atom stereocenters. The van der Waals surface area contributed by atoms with Crippen molar-refractivity contribution in [1.29, 1.82) is 0 Å². The number of hydrogen-bond donors (Lipinski definition) is 1. The Hall–Kier alpha value is -2.52. The first kappa shape index (κ1) is 21.7. The van der Waals surface area contributed by atoms with E-state index >= 15 is 0 Å². The smallest absolute Gasteiger partial charge is 0.233 e. The first-order chi connectivity index (χ1) is 14.9. The molecule has 1 saturated heterocycles.